The topological polar surface area (TPSA) is 66.3 Å². The van der Waals surface area contributed by atoms with Crippen molar-refractivity contribution in [2.24, 2.45) is 0 Å². The van der Waals surface area contributed by atoms with Gasteiger partial charge in [0.1, 0.15) is 6.54 Å². The van der Waals surface area contributed by atoms with E-state index in [9.17, 15) is 9.90 Å². The highest BCUT2D eigenvalue weighted by molar-refractivity contribution is 5.93. The average Bonchev–Trinajstić information content (AvgIpc) is 2.53. The Kier molecular flexibility index (Phi) is 5.55. The van der Waals surface area contributed by atoms with Crippen molar-refractivity contribution in [3.05, 3.63) is 29.8 Å². The Labute approximate surface area is 124 Å². The smallest absolute Gasteiger partial charge is 0.207 e. The molecule has 1 aliphatic rings. The number of quaternary nitrogens is 1. The normalized spacial score (nSPS) is 16.4. The van der Waals surface area contributed by atoms with Crippen LogP contribution in [-0.2, 0) is 9.47 Å². The number of carbonyl (C=O) groups is 1. The predicted molar refractivity (Wildman–Crippen MR) is 76.4 cm³/mol. The van der Waals surface area contributed by atoms with Gasteiger partial charge in [0, 0.05) is 25.5 Å². The molecule has 0 saturated carbocycles. The van der Waals surface area contributed by atoms with Crippen LogP contribution in [0.3, 0.4) is 0 Å². The van der Waals surface area contributed by atoms with Crippen molar-refractivity contribution in [2.45, 2.75) is 6.29 Å². The number of hydrogen-bond acceptors (Lipinski definition) is 5. The highest BCUT2D eigenvalue weighted by Crippen LogP contribution is 2.19. The second-order valence-electron chi connectivity index (χ2n) is 5.15. The maximum absolute atomic E-state index is 11.2. The lowest BCUT2D eigenvalue weighted by Crippen LogP contribution is -3.16. The Morgan fingerprint density at radius 3 is 2.48 bits per heavy atom. The van der Waals surface area contributed by atoms with Gasteiger partial charge in [0.2, 0.25) is 6.29 Å². The van der Waals surface area contributed by atoms with E-state index in [1.165, 1.54) is 4.90 Å². The lowest BCUT2D eigenvalue weighted by atomic mass is 10.1. The third-order valence-electron chi connectivity index (χ3n) is 3.92. The summed E-state index contributed by atoms with van der Waals surface area (Å²) in [7, 11) is 3.28. The third-order valence-corrected chi connectivity index (χ3v) is 3.92. The van der Waals surface area contributed by atoms with E-state index in [-0.39, 0.29) is 11.9 Å². The van der Waals surface area contributed by atoms with Crippen molar-refractivity contribution in [2.75, 3.05) is 51.8 Å². The van der Waals surface area contributed by atoms with Crippen molar-refractivity contribution < 1.29 is 24.3 Å². The zero-order chi connectivity index (χ0) is 15.2. The molecule has 0 amide bonds. The van der Waals surface area contributed by atoms with E-state index >= 15 is 0 Å². The van der Waals surface area contributed by atoms with Gasteiger partial charge in [-0.15, -0.1) is 0 Å². The number of methoxy groups -OCH3 is 2. The molecule has 2 rings (SSSR count). The van der Waals surface area contributed by atoms with Crippen LogP contribution in [-0.4, -0.2) is 59.2 Å². The van der Waals surface area contributed by atoms with Crippen LogP contribution in [0.2, 0.25) is 0 Å². The Morgan fingerprint density at radius 2 is 1.90 bits per heavy atom. The van der Waals surface area contributed by atoms with Gasteiger partial charge in [-0.25, -0.2) is 0 Å². The van der Waals surface area contributed by atoms with Crippen molar-refractivity contribution in [3.8, 4) is 0 Å². The molecule has 1 heterocycles. The van der Waals surface area contributed by atoms with Gasteiger partial charge in [-0.05, 0) is 6.07 Å². The van der Waals surface area contributed by atoms with Crippen molar-refractivity contribution in [1.29, 1.82) is 0 Å². The van der Waals surface area contributed by atoms with Gasteiger partial charge in [0.15, 0.2) is 0 Å². The fraction of sp³-hybridized carbons (Fsp3) is 0.533. The van der Waals surface area contributed by atoms with Crippen LogP contribution in [0.15, 0.2) is 24.3 Å². The molecule has 6 heteroatoms. The first-order valence-electron chi connectivity index (χ1n) is 7.10. The van der Waals surface area contributed by atoms with E-state index < -0.39 is 5.97 Å². The second kappa shape index (κ2) is 7.40. The third kappa shape index (κ3) is 3.93. The lowest BCUT2D eigenvalue weighted by Gasteiger charge is -2.35. The number of ether oxygens (including phenoxy) is 2. The van der Waals surface area contributed by atoms with Crippen molar-refractivity contribution in [3.63, 3.8) is 0 Å². The van der Waals surface area contributed by atoms with Crippen molar-refractivity contribution in [1.82, 2.24) is 0 Å². The molecule has 1 aliphatic heterocycles. The van der Waals surface area contributed by atoms with Crippen LogP contribution in [0.25, 0.3) is 0 Å². The van der Waals surface area contributed by atoms with E-state index in [0.29, 0.717) is 0 Å². The van der Waals surface area contributed by atoms with Crippen LogP contribution in [0.4, 0.5) is 5.69 Å². The predicted octanol–water partition coefficient (Wildman–Crippen LogP) is -1.63. The Hall–Kier alpha value is -1.63. The summed E-state index contributed by atoms with van der Waals surface area (Å²) in [5, 5.41) is 11.2. The molecule has 0 atom stereocenters. The molecule has 116 valence electrons. The molecular formula is C15H22N2O4. The first kappa shape index (κ1) is 15.8. The summed E-state index contributed by atoms with van der Waals surface area (Å²) in [6.45, 7) is 4.25. The van der Waals surface area contributed by atoms with Gasteiger partial charge in [-0.2, -0.15) is 0 Å². The van der Waals surface area contributed by atoms with Gasteiger partial charge in [0.05, 0.1) is 32.1 Å². The van der Waals surface area contributed by atoms with E-state index in [4.69, 9.17) is 9.47 Å². The fourth-order valence-electron chi connectivity index (χ4n) is 2.69. The Bertz CT molecular complexity index is 468. The fourth-order valence-corrected chi connectivity index (χ4v) is 2.69. The van der Waals surface area contributed by atoms with Gasteiger partial charge >= 0.3 is 0 Å². The van der Waals surface area contributed by atoms with E-state index in [1.54, 1.807) is 26.4 Å². The number of para-hydroxylation sites is 1. The first-order valence-corrected chi connectivity index (χ1v) is 7.10. The van der Waals surface area contributed by atoms with Crippen LogP contribution in [0, 0.1) is 0 Å². The summed E-state index contributed by atoms with van der Waals surface area (Å²) in [6.07, 6.45) is -0.193. The number of carboxylic acids is 1. The zero-order valence-electron chi connectivity index (χ0n) is 12.5. The molecule has 1 N–H and O–H groups in total. The summed E-state index contributed by atoms with van der Waals surface area (Å²) in [5.41, 5.74) is 0.999. The van der Waals surface area contributed by atoms with Gasteiger partial charge < -0.3 is 29.2 Å². The molecule has 0 unspecified atom stereocenters. The maximum atomic E-state index is 11.2. The summed E-state index contributed by atoms with van der Waals surface area (Å²) < 4.78 is 10.4. The minimum Gasteiger partial charge on any atom is -0.545 e. The summed E-state index contributed by atoms with van der Waals surface area (Å²) in [6, 6.07) is 7.00. The van der Waals surface area contributed by atoms with Crippen LogP contribution in [0.1, 0.15) is 10.4 Å². The summed E-state index contributed by atoms with van der Waals surface area (Å²) >= 11 is 0. The number of rotatable bonds is 6. The number of carboxylic acid groups (broad SMARTS) is 1. The second-order valence-corrected chi connectivity index (χ2v) is 5.15. The highest BCUT2D eigenvalue weighted by atomic mass is 16.7. The number of nitrogens with one attached hydrogen (secondary N) is 1. The summed E-state index contributed by atoms with van der Waals surface area (Å²) in [5.74, 6) is -1.13. The molecule has 1 aromatic rings. The molecular weight excluding hydrogens is 272 g/mol. The first-order chi connectivity index (χ1) is 10.2. The molecule has 0 aromatic heterocycles. The Morgan fingerprint density at radius 1 is 1.29 bits per heavy atom. The number of nitrogens with zero attached hydrogens (tertiary/aromatic N) is 1. The van der Waals surface area contributed by atoms with Crippen LogP contribution < -0.4 is 14.9 Å². The summed E-state index contributed by atoms with van der Waals surface area (Å²) in [4.78, 5) is 14.7. The number of carbonyl (C=O) groups excluding carboxylic acids is 1. The number of benzene rings is 1. The maximum Gasteiger partial charge on any atom is 0.207 e. The van der Waals surface area contributed by atoms with Crippen molar-refractivity contribution >= 4 is 11.7 Å². The Balaban J connectivity index is 1.97. The van der Waals surface area contributed by atoms with E-state index in [0.717, 1.165) is 38.4 Å². The molecule has 1 saturated heterocycles. The molecule has 0 spiro atoms. The molecule has 1 fully saturated rings. The molecule has 6 nitrogen and oxygen atoms in total. The van der Waals surface area contributed by atoms with E-state index in [2.05, 4.69) is 4.90 Å². The van der Waals surface area contributed by atoms with Crippen LogP contribution in [0.5, 0.6) is 0 Å². The van der Waals surface area contributed by atoms with E-state index in [1.807, 2.05) is 12.1 Å². The minimum absolute atomic E-state index is 0.193. The van der Waals surface area contributed by atoms with Gasteiger partial charge in [-0.1, -0.05) is 18.2 Å². The number of aromatic carboxylic acids is 1. The zero-order valence-corrected chi connectivity index (χ0v) is 12.5. The molecule has 0 bridgehead atoms. The monoisotopic (exact) mass is 294 g/mol. The number of anilines is 1. The highest BCUT2D eigenvalue weighted by Gasteiger charge is 2.24. The minimum atomic E-state index is -1.13. The quantitative estimate of drug-likeness (QED) is 0.639. The SMILES string of the molecule is COC(C[NH+]1CCN(c2ccccc2C(=O)[O-])CC1)OC. The van der Waals surface area contributed by atoms with Gasteiger partial charge in [0.25, 0.3) is 0 Å². The molecule has 0 aliphatic carbocycles. The van der Waals surface area contributed by atoms with Crippen LogP contribution >= 0.6 is 0 Å². The molecule has 0 radical (unpaired) electrons. The molecule has 1 aromatic carbocycles. The number of hydrogen-bond donors (Lipinski definition) is 1. The largest absolute Gasteiger partial charge is 0.545 e. The average molecular weight is 294 g/mol. The number of piperazine rings is 1. The lowest BCUT2D eigenvalue weighted by molar-refractivity contribution is -0.906. The molecule has 21 heavy (non-hydrogen) atoms. The standard InChI is InChI=1S/C15H22N2O4/c1-20-14(21-2)11-16-7-9-17(10-8-16)13-6-4-3-5-12(13)15(18)19/h3-6,14H,7-11H2,1-2H3,(H,18,19). The van der Waals surface area contributed by atoms with Gasteiger partial charge in [-0.3, -0.25) is 0 Å².